The van der Waals surface area contributed by atoms with Crippen molar-refractivity contribution in [1.29, 1.82) is 0 Å². The molecule has 0 radical (unpaired) electrons. The third-order valence-corrected chi connectivity index (χ3v) is 4.50. The molecular weight excluding hydrogens is 371 g/mol. The van der Waals surface area contributed by atoms with Gasteiger partial charge in [0.15, 0.2) is 0 Å². The highest BCUT2D eigenvalue weighted by Crippen LogP contribution is 2.50. The van der Waals surface area contributed by atoms with Crippen molar-refractivity contribution < 1.29 is 32.4 Å². The molecule has 8 heteroatoms. The standard InChI is InChI=1S/C19H23O7P/c1-16(2)26-19(20)22-15-25-27(21,23-13-17-9-5-3-6-10-17)24-14-18-11-7-4-8-12-18/h3-12,16H,13-15H2,1-2H3. The third kappa shape index (κ3) is 8.37. The molecule has 0 N–H and O–H groups in total. The van der Waals surface area contributed by atoms with Crippen LogP contribution in [0.3, 0.4) is 0 Å². The predicted molar refractivity (Wildman–Crippen MR) is 98.7 cm³/mol. The van der Waals surface area contributed by atoms with Crippen molar-refractivity contribution in [3.63, 3.8) is 0 Å². The van der Waals surface area contributed by atoms with E-state index in [9.17, 15) is 9.36 Å². The highest BCUT2D eigenvalue weighted by atomic mass is 31.2. The maximum absolute atomic E-state index is 12.9. The summed E-state index contributed by atoms with van der Waals surface area (Å²) in [5, 5.41) is 0. The minimum atomic E-state index is -3.97. The number of hydrogen-bond acceptors (Lipinski definition) is 7. The molecule has 0 spiro atoms. The summed E-state index contributed by atoms with van der Waals surface area (Å²) in [7, 11) is -3.97. The van der Waals surface area contributed by atoms with Gasteiger partial charge in [-0.1, -0.05) is 60.7 Å². The fourth-order valence-corrected chi connectivity index (χ4v) is 2.95. The van der Waals surface area contributed by atoms with Crippen LogP contribution in [0.25, 0.3) is 0 Å². The Morgan fingerprint density at radius 2 is 1.33 bits per heavy atom. The van der Waals surface area contributed by atoms with Crippen LogP contribution in [0.4, 0.5) is 4.79 Å². The maximum atomic E-state index is 12.9. The lowest BCUT2D eigenvalue weighted by Crippen LogP contribution is -2.15. The van der Waals surface area contributed by atoms with Crippen molar-refractivity contribution in [3.05, 3.63) is 71.8 Å². The Kier molecular flexibility index (Phi) is 8.48. The minimum Gasteiger partial charge on any atom is -0.432 e. The van der Waals surface area contributed by atoms with Crippen LogP contribution in [-0.2, 0) is 40.8 Å². The molecule has 0 atom stereocenters. The molecule has 0 aliphatic heterocycles. The summed E-state index contributed by atoms with van der Waals surface area (Å²) in [4.78, 5) is 11.4. The van der Waals surface area contributed by atoms with Gasteiger partial charge in [0.1, 0.15) is 0 Å². The van der Waals surface area contributed by atoms with Crippen LogP contribution in [0.2, 0.25) is 0 Å². The fourth-order valence-electron chi connectivity index (χ4n) is 1.93. The molecule has 0 aromatic heterocycles. The molecule has 0 unspecified atom stereocenters. The summed E-state index contributed by atoms with van der Waals surface area (Å²) in [5.74, 6) is 0. The van der Waals surface area contributed by atoms with E-state index in [0.717, 1.165) is 11.1 Å². The SMILES string of the molecule is CC(C)OC(=O)OCOP(=O)(OCc1ccccc1)OCc1ccccc1. The normalized spacial score (nSPS) is 11.4. The summed E-state index contributed by atoms with van der Waals surface area (Å²) in [6, 6.07) is 18.3. The van der Waals surface area contributed by atoms with Crippen LogP contribution < -0.4 is 0 Å². The summed E-state index contributed by atoms with van der Waals surface area (Å²) in [6.07, 6.45) is -1.27. The van der Waals surface area contributed by atoms with Crippen molar-refractivity contribution in [2.24, 2.45) is 0 Å². The first kappa shape index (κ1) is 21.1. The lowest BCUT2D eigenvalue weighted by molar-refractivity contribution is -0.0251. The maximum Gasteiger partial charge on any atom is 0.510 e. The smallest absolute Gasteiger partial charge is 0.432 e. The van der Waals surface area contributed by atoms with Crippen LogP contribution >= 0.6 is 7.82 Å². The van der Waals surface area contributed by atoms with Gasteiger partial charge in [-0.15, -0.1) is 0 Å². The Bertz CT molecular complexity index is 687. The average molecular weight is 394 g/mol. The van der Waals surface area contributed by atoms with Crippen molar-refractivity contribution in [2.75, 3.05) is 6.79 Å². The van der Waals surface area contributed by atoms with Gasteiger partial charge in [0.25, 0.3) is 0 Å². The molecule has 27 heavy (non-hydrogen) atoms. The van der Waals surface area contributed by atoms with E-state index < -0.39 is 20.8 Å². The van der Waals surface area contributed by atoms with E-state index in [1.54, 1.807) is 13.8 Å². The molecular formula is C19H23O7P. The predicted octanol–water partition coefficient (Wildman–Crippen LogP) is 5.06. The Morgan fingerprint density at radius 3 is 1.78 bits per heavy atom. The van der Waals surface area contributed by atoms with Gasteiger partial charge in [0.05, 0.1) is 19.3 Å². The fraction of sp³-hybridized carbons (Fsp3) is 0.316. The Balaban J connectivity index is 1.93. The number of phosphoric ester groups is 1. The molecule has 2 aromatic rings. The van der Waals surface area contributed by atoms with Crippen molar-refractivity contribution in [1.82, 2.24) is 0 Å². The molecule has 0 amide bonds. The van der Waals surface area contributed by atoms with Gasteiger partial charge in [-0.3, -0.25) is 9.05 Å². The van der Waals surface area contributed by atoms with E-state index in [4.69, 9.17) is 23.0 Å². The summed E-state index contributed by atoms with van der Waals surface area (Å²) in [6.45, 7) is 2.77. The Morgan fingerprint density at radius 1 is 0.852 bits per heavy atom. The lowest BCUT2D eigenvalue weighted by atomic mass is 10.2. The number of hydrogen-bond donors (Lipinski definition) is 0. The molecule has 7 nitrogen and oxygen atoms in total. The van der Waals surface area contributed by atoms with Crippen LogP contribution in [0.15, 0.2) is 60.7 Å². The molecule has 0 aliphatic carbocycles. The zero-order valence-corrected chi connectivity index (χ0v) is 16.2. The quantitative estimate of drug-likeness (QED) is 0.316. The van der Waals surface area contributed by atoms with E-state index in [2.05, 4.69) is 0 Å². The second kappa shape index (κ2) is 10.8. The van der Waals surface area contributed by atoms with Gasteiger partial charge in [-0.25, -0.2) is 13.9 Å². The third-order valence-electron chi connectivity index (χ3n) is 3.18. The number of rotatable bonds is 10. The molecule has 0 bridgehead atoms. The number of benzene rings is 2. The van der Waals surface area contributed by atoms with Crippen molar-refractivity contribution >= 4 is 14.0 Å². The van der Waals surface area contributed by atoms with E-state index >= 15 is 0 Å². The zero-order valence-electron chi connectivity index (χ0n) is 15.3. The summed E-state index contributed by atoms with van der Waals surface area (Å²) >= 11 is 0. The van der Waals surface area contributed by atoms with Crippen molar-refractivity contribution in [2.45, 2.75) is 33.2 Å². The number of ether oxygens (including phenoxy) is 2. The van der Waals surface area contributed by atoms with Crippen LogP contribution in [0, 0.1) is 0 Å². The van der Waals surface area contributed by atoms with Gasteiger partial charge >= 0.3 is 14.0 Å². The van der Waals surface area contributed by atoms with Gasteiger partial charge in [-0.05, 0) is 25.0 Å². The molecule has 2 rings (SSSR count). The molecule has 0 saturated heterocycles. The Hall–Kier alpha value is -2.18. The second-order valence-electron chi connectivity index (χ2n) is 5.77. The number of phosphoric acid groups is 1. The topological polar surface area (TPSA) is 80.3 Å². The first-order valence-corrected chi connectivity index (χ1v) is 9.88. The molecule has 0 aliphatic rings. The molecule has 0 fully saturated rings. The van der Waals surface area contributed by atoms with Crippen molar-refractivity contribution in [3.8, 4) is 0 Å². The Labute approximate surface area is 158 Å². The molecule has 0 heterocycles. The van der Waals surface area contributed by atoms with E-state index in [1.165, 1.54) is 0 Å². The highest BCUT2D eigenvalue weighted by molar-refractivity contribution is 7.48. The molecule has 146 valence electrons. The van der Waals surface area contributed by atoms with Crippen LogP contribution in [0.1, 0.15) is 25.0 Å². The summed E-state index contributed by atoms with van der Waals surface area (Å²) in [5.41, 5.74) is 1.59. The summed E-state index contributed by atoms with van der Waals surface area (Å²) < 4.78 is 38.3. The van der Waals surface area contributed by atoms with E-state index in [1.807, 2.05) is 60.7 Å². The van der Waals surface area contributed by atoms with E-state index in [0.29, 0.717) is 0 Å². The lowest BCUT2D eigenvalue weighted by Gasteiger charge is -2.18. The number of carbonyl (C=O) groups is 1. The van der Waals surface area contributed by atoms with Crippen LogP contribution in [0.5, 0.6) is 0 Å². The highest BCUT2D eigenvalue weighted by Gasteiger charge is 2.28. The van der Waals surface area contributed by atoms with E-state index in [-0.39, 0.29) is 19.3 Å². The zero-order chi connectivity index (χ0) is 19.5. The largest absolute Gasteiger partial charge is 0.510 e. The average Bonchev–Trinajstić information content (AvgIpc) is 2.66. The van der Waals surface area contributed by atoms with Crippen LogP contribution in [-0.4, -0.2) is 19.1 Å². The second-order valence-corrected chi connectivity index (χ2v) is 7.44. The minimum absolute atomic E-state index is 0.0172. The molecule has 2 aromatic carbocycles. The first-order chi connectivity index (χ1) is 13.0. The monoisotopic (exact) mass is 394 g/mol. The van der Waals surface area contributed by atoms with Gasteiger partial charge in [0.2, 0.25) is 6.79 Å². The first-order valence-electron chi connectivity index (χ1n) is 8.42. The number of carbonyl (C=O) groups excluding carboxylic acids is 1. The van der Waals surface area contributed by atoms with Gasteiger partial charge in [0, 0.05) is 0 Å². The van der Waals surface area contributed by atoms with Gasteiger partial charge in [-0.2, -0.15) is 0 Å². The molecule has 0 saturated carbocycles. The van der Waals surface area contributed by atoms with Gasteiger partial charge < -0.3 is 9.47 Å².